The molecular formula is C13H20N2O3. The molecule has 1 aromatic carbocycles. The number of nitrogen functional groups attached to an aromatic ring is 1. The van der Waals surface area contributed by atoms with Crippen LogP contribution >= 0.6 is 0 Å². The molecule has 5 nitrogen and oxygen atoms in total. The molecule has 0 bridgehead atoms. The Balaban J connectivity index is 2.74. The molecule has 3 N–H and O–H groups in total. The molecule has 0 saturated heterocycles. The van der Waals surface area contributed by atoms with Crippen molar-refractivity contribution in [3.05, 3.63) is 23.8 Å². The molecule has 1 unspecified atom stereocenters. The highest BCUT2D eigenvalue weighted by Gasteiger charge is 2.13. The van der Waals surface area contributed by atoms with Gasteiger partial charge in [-0.1, -0.05) is 6.92 Å². The molecule has 0 spiro atoms. The standard InChI is InChI=1S/C13H20N2O3/c1-4-10(8-17-2)15-13(16)9-5-6-12(18-3)11(14)7-9/h5-7,10H,4,8,14H2,1-3H3,(H,15,16). The fourth-order valence-electron chi connectivity index (χ4n) is 1.61. The van der Waals surface area contributed by atoms with Gasteiger partial charge >= 0.3 is 0 Å². The van der Waals surface area contributed by atoms with E-state index in [1.165, 1.54) is 7.11 Å². The molecule has 1 atom stereocenters. The summed E-state index contributed by atoms with van der Waals surface area (Å²) < 4.78 is 10.1. The predicted octanol–water partition coefficient (Wildman–Crippen LogP) is 1.43. The van der Waals surface area contributed by atoms with Crippen LogP contribution in [-0.2, 0) is 4.74 Å². The van der Waals surface area contributed by atoms with Crippen LogP contribution in [0.25, 0.3) is 0 Å². The number of hydrogen-bond donors (Lipinski definition) is 2. The fraction of sp³-hybridized carbons (Fsp3) is 0.462. The largest absolute Gasteiger partial charge is 0.495 e. The average molecular weight is 252 g/mol. The van der Waals surface area contributed by atoms with E-state index in [4.69, 9.17) is 15.2 Å². The molecule has 100 valence electrons. The van der Waals surface area contributed by atoms with E-state index in [0.29, 0.717) is 23.6 Å². The van der Waals surface area contributed by atoms with Crippen LogP contribution in [-0.4, -0.2) is 32.8 Å². The fourth-order valence-corrected chi connectivity index (χ4v) is 1.61. The van der Waals surface area contributed by atoms with E-state index < -0.39 is 0 Å². The zero-order chi connectivity index (χ0) is 13.5. The van der Waals surface area contributed by atoms with Gasteiger partial charge in [-0.05, 0) is 24.6 Å². The Kier molecular flexibility index (Phi) is 5.45. The zero-order valence-electron chi connectivity index (χ0n) is 11.0. The smallest absolute Gasteiger partial charge is 0.251 e. The maximum atomic E-state index is 12.0. The lowest BCUT2D eigenvalue weighted by Gasteiger charge is -2.16. The van der Waals surface area contributed by atoms with Crippen molar-refractivity contribution in [3.63, 3.8) is 0 Å². The van der Waals surface area contributed by atoms with Gasteiger partial charge in [0, 0.05) is 12.7 Å². The molecule has 0 aromatic heterocycles. The number of carbonyl (C=O) groups is 1. The van der Waals surface area contributed by atoms with Crippen LogP contribution < -0.4 is 15.8 Å². The van der Waals surface area contributed by atoms with Crippen molar-refractivity contribution < 1.29 is 14.3 Å². The van der Waals surface area contributed by atoms with Crippen LogP contribution in [0.15, 0.2) is 18.2 Å². The Morgan fingerprint density at radius 2 is 2.17 bits per heavy atom. The Hall–Kier alpha value is -1.75. The third-order valence-electron chi connectivity index (χ3n) is 2.69. The highest BCUT2D eigenvalue weighted by molar-refractivity contribution is 5.95. The van der Waals surface area contributed by atoms with Crippen LogP contribution in [0.3, 0.4) is 0 Å². The van der Waals surface area contributed by atoms with Crippen molar-refractivity contribution >= 4 is 11.6 Å². The third kappa shape index (κ3) is 3.63. The summed E-state index contributed by atoms with van der Waals surface area (Å²) in [5.74, 6) is 0.406. The normalized spacial score (nSPS) is 11.9. The van der Waals surface area contributed by atoms with Gasteiger partial charge in [-0.25, -0.2) is 0 Å². The summed E-state index contributed by atoms with van der Waals surface area (Å²) in [6.45, 7) is 2.49. The topological polar surface area (TPSA) is 73.6 Å². The molecule has 1 aromatic rings. The van der Waals surface area contributed by atoms with Crippen molar-refractivity contribution in [3.8, 4) is 5.75 Å². The monoisotopic (exact) mass is 252 g/mol. The van der Waals surface area contributed by atoms with Gasteiger partial charge in [0.15, 0.2) is 0 Å². The summed E-state index contributed by atoms with van der Waals surface area (Å²) in [6, 6.07) is 4.98. The average Bonchev–Trinajstić information content (AvgIpc) is 2.37. The van der Waals surface area contributed by atoms with Crippen molar-refractivity contribution in [2.45, 2.75) is 19.4 Å². The Morgan fingerprint density at radius 3 is 2.67 bits per heavy atom. The summed E-state index contributed by atoms with van der Waals surface area (Å²) in [7, 11) is 3.15. The second-order valence-corrected chi connectivity index (χ2v) is 3.99. The number of nitrogens with one attached hydrogen (secondary N) is 1. The van der Waals surface area contributed by atoms with Crippen molar-refractivity contribution in [2.75, 3.05) is 26.6 Å². The first-order valence-corrected chi connectivity index (χ1v) is 5.85. The minimum Gasteiger partial charge on any atom is -0.495 e. The second kappa shape index (κ2) is 6.86. The highest BCUT2D eigenvalue weighted by Crippen LogP contribution is 2.21. The predicted molar refractivity (Wildman–Crippen MR) is 70.8 cm³/mol. The van der Waals surface area contributed by atoms with Crippen LogP contribution in [0.1, 0.15) is 23.7 Å². The lowest BCUT2D eigenvalue weighted by molar-refractivity contribution is 0.0894. The van der Waals surface area contributed by atoms with E-state index in [1.807, 2.05) is 6.92 Å². The molecule has 5 heteroatoms. The minimum absolute atomic E-state index is 0.00539. The molecule has 0 heterocycles. The quantitative estimate of drug-likeness (QED) is 0.751. The molecule has 18 heavy (non-hydrogen) atoms. The van der Waals surface area contributed by atoms with E-state index in [9.17, 15) is 4.79 Å². The first-order chi connectivity index (χ1) is 8.62. The molecule has 0 fully saturated rings. The molecule has 0 aliphatic carbocycles. The number of hydrogen-bond acceptors (Lipinski definition) is 4. The number of methoxy groups -OCH3 is 2. The van der Waals surface area contributed by atoms with E-state index in [-0.39, 0.29) is 11.9 Å². The SMILES string of the molecule is CCC(COC)NC(=O)c1ccc(OC)c(N)c1. The lowest BCUT2D eigenvalue weighted by Crippen LogP contribution is -2.37. The number of ether oxygens (including phenoxy) is 2. The number of rotatable bonds is 6. The molecular weight excluding hydrogens is 232 g/mol. The van der Waals surface area contributed by atoms with Crippen molar-refractivity contribution in [1.29, 1.82) is 0 Å². The van der Waals surface area contributed by atoms with Gasteiger partial charge in [0.1, 0.15) is 5.75 Å². The molecule has 0 aliphatic rings. The summed E-state index contributed by atoms with van der Waals surface area (Å²) >= 11 is 0. The van der Waals surface area contributed by atoms with Gasteiger partial charge in [-0.15, -0.1) is 0 Å². The Morgan fingerprint density at radius 1 is 1.44 bits per heavy atom. The highest BCUT2D eigenvalue weighted by atomic mass is 16.5. The van der Waals surface area contributed by atoms with E-state index >= 15 is 0 Å². The first-order valence-electron chi connectivity index (χ1n) is 5.85. The molecule has 0 aliphatic heterocycles. The third-order valence-corrected chi connectivity index (χ3v) is 2.69. The van der Waals surface area contributed by atoms with E-state index in [1.54, 1.807) is 25.3 Å². The van der Waals surface area contributed by atoms with E-state index in [0.717, 1.165) is 6.42 Å². The Labute approximate surface area is 107 Å². The zero-order valence-corrected chi connectivity index (χ0v) is 11.0. The van der Waals surface area contributed by atoms with Crippen molar-refractivity contribution in [2.24, 2.45) is 0 Å². The van der Waals surface area contributed by atoms with Crippen LogP contribution in [0.4, 0.5) is 5.69 Å². The number of anilines is 1. The molecule has 0 radical (unpaired) electrons. The number of nitrogens with two attached hydrogens (primary N) is 1. The van der Waals surface area contributed by atoms with Crippen molar-refractivity contribution in [1.82, 2.24) is 5.32 Å². The first kappa shape index (κ1) is 14.3. The summed E-state index contributed by atoms with van der Waals surface area (Å²) in [4.78, 5) is 12.0. The number of benzene rings is 1. The van der Waals surface area contributed by atoms with Gasteiger partial charge in [-0.2, -0.15) is 0 Å². The minimum atomic E-state index is -0.159. The van der Waals surface area contributed by atoms with Gasteiger partial charge in [0.2, 0.25) is 0 Å². The van der Waals surface area contributed by atoms with Gasteiger partial charge in [0.25, 0.3) is 5.91 Å². The van der Waals surface area contributed by atoms with Gasteiger partial charge in [0.05, 0.1) is 25.4 Å². The second-order valence-electron chi connectivity index (χ2n) is 3.99. The molecule has 1 rings (SSSR count). The van der Waals surface area contributed by atoms with Gasteiger partial charge < -0.3 is 20.5 Å². The maximum absolute atomic E-state index is 12.0. The lowest BCUT2D eigenvalue weighted by atomic mass is 10.1. The van der Waals surface area contributed by atoms with Crippen LogP contribution in [0, 0.1) is 0 Å². The summed E-state index contributed by atoms with van der Waals surface area (Å²) in [5, 5.41) is 2.89. The van der Waals surface area contributed by atoms with Crippen LogP contribution in [0.2, 0.25) is 0 Å². The number of amides is 1. The summed E-state index contributed by atoms with van der Waals surface area (Å²) in [5.41, 5.74) is 6.73. The summed E-state index contributed by atoms with van der Waals surface area (Å²) in [6.07, 6.45) is 0.811. The van der Waals surface area contributed by atoms with Crippen LogP contribution in [0.5, 0.6) is 5.75 Å². The number of carbonyl (C=O) groups excluding carboxylic acids is 1. The maximum Gasteiger partial charge on any atom is 0.251 e. The molecule has 1 amide bonds. The molecule has 0 saturated carbocycles. The Bertz CT molecular complexity index is 407. The van der Waals surface area contributed by atoms with Gasteiger partial charge in [-0.3, -0.25) is 4.79 Å². The van der Waals surface area contributed by atoms with E-state index in [2.05, 4.69) is 5.32 Å².